The Kier molecular flexibility index (Phi) is 4.93. The maximum atomic E-state index is 6.11. The first kappa shape index (κ1) is 14.0. The molecule has 0 saturated heterocycles. The molecule has 102 valence electrons. The Bertz CT molecular complexity index is 527. The van der Waals surface area contributed by atoms with Crippen LogP contribution >= 0.6 is 11.6 Å². The molecule has 1 unspecified atom stereocenters. The molecule has 1 aromatic heterocycles. The molecule has 0 saturated carbocycles. The number of hydrogen-bond donors (Lipinski definition) is 1. The van der Waals surface area contributed by atoms with Gasteiger partial charge in [0.25, 0.3) is 0 Å². The normalized spacial score (nSPS) is 12.6. The molecule has 1 heterocycles. The van der Waals surface area contributed by atoms with Crippen LogP contribution in [0.1, 0.15) is 43.0 Å². The van der Waals surface area contributed by atoms with Gasteiger partial charge in [-0.15, -0.1) is 0 Å². The van der Waals surface area contributed by atoms with Gasteiger partial charge in [-0.25, -0.2) is 0 Å². The Balaban J connectivity index is 2.03. The van der Waals surface area contributed by atoms with Crippen LogP contribution in [-0.2, 0) is 6.42 Å². The van der Waals surface area contributed by atoms with Crippen molar-refractivity contribution in [2.45, 2.75) is 32.1 Å². The van der Waals surface area contributed by atoms with E-state index >= 15 is 0 Å². The summed E-state index contributed by atoms with van der Waals surface area (Å²) in [5.41, 5.74) is 6.50. The van der Waals surface area contributed by atoms with E-state index < -0.39 is 0 Å². The van der Waals surface area contributed by atoms with Crippen LogP contribution in [0.3, 0.4) is 0 Å². The van der Waals surface area contributed by atoms with Crippen molar-refractivity contribution in [2.75, 3.05) is 6.54 Å². The van der Waals surface area contributed by atoms with Crippen molar-refractivity contribution in [1.29, 1.82) is 0 Å². The SMILES string of the molecule is CC(CCCN)c1nc(Cc2ccccc2Cl)no1. The summed E-state index contributed by atoms with van der Waals surface area (Å²) < 4.78 is 5.29. The van der Waals surface area contributed by atoms with Crippen molar-refractivity contribution in [1.82, 2.24) is 10.1 Å². The molecule has 0 bridgehead atoms. The molecule has 0 spiro atoms. The van der Waals surface area contributed by atoms with E-state index in [2.05, 4.69) is 17.1 Å². The van der Waals surface area contributed by atoms with Crippen LogP contribution in [0.4, 0.5) is 0 Å². The minimum absolute atomic E-state index is 0.246. The Morgan fingerprint density at radius 1 is 1.37 bits per heavy atom. The van der Waals surface area contributed by atoms with Gasteiger partial charge in [-0.05, 0) is 31.0 Å². The van der Waals surface area contributed by atoms with E-state index in [1.54, 1.807) is 0 Å². The highest BCUT2D eigenvalue weighted by atomic mass is 35.5. The second-order valence-electron chi connectivity index (χ2n) is 4.65. The number of hydrogen-bond acceptors (Lipinski definition) is 4. The van der Waals surface area contributed by atoms with Gasteiger partial charge in [-0.2, -0.15) is 4.98 Å². The molecule has 0 amide bonds. The third kappa shape index (κ3) is 3.78. The molecule has 2 rings (SSSR count). The highest BCUT2D eigenvalue weighted by Crippen LogP contribution is 2.21. The average Bonchev–Trinajstić information content (AvgIpc) is 2.87. The van der Waals surface area contributed by atoms with E-state index in [0.29, 0.717) is 24.7 Å². The number of nitrogens with two attached hydrogens (primary N) is 1. The Labute approximate surface area is 118 Å². The number of aromatic nitrogens is 2. The van der Waals surface area contributed by atoms with Crippen LogP contribution in [0.25, 0.3) is 0 Å². The molecule has 0 aliphatic rings. The average molecular weight is 280 g/mol. The van der Waals surface area contributed by atoms with E-state index in [1.165, 1.54) is 0 Å². The first-order chi connectivity index (χ1) is 9.20. The topological polar surface area (TPSA) is 64.9 Å². The predicted octanol–water partition coefficient (Wildman–Crippen LogP) is 3.16. The Morgan fingerprint density at radius 3 is 2.89 bits per heavy atom. The van der Waals surface area contributed by atoms with Gasteiger partial charge in [-0.1, -0.05) is 41.9 Å². The quantitative estimate of drug-likeness (QED) is 0.882. The maximum absolute atomic E-state index is 6.11. The maximum Gasteiger partial charge on any atom is 0.229 e. The van der Waals surface area contributed by atoms with E-state index in [0.717, 1.165) is 23.4 Å². The minimum atomic E-state index is 0.246. The fourth-order valence-corrected chi connectivity index (χ4v) is 2.10. The first-order valence-electron chi connectivity index (χ1n) is 6.46. The van der Waals surface area contributed by atoms with Gasteiger partial charge in [0.1, 0.15) is 0 Å². The molecular weight excluding hydrogens is 262 g/mol. The highest BCUT2D eigenvalue weighted by Gasteiger charge is 2.14. The molecule has 0 radical (unpaired) electrons. The molecular formula is C14H18ClN3O. The first-order valence-corrected chi connectivity index (χ1v) is 6.84. The fourth-order valence-electron chi connectivity index (χ4n) is 1.90. The van der Waals surface area contributed by atoms with Crippen LogP contribution in [0.5, 0.6) is 0 Å². The number of benzene rings is 1. The van der Waals surface area contributed by atoms with Crippen LogP contribution in [0.15, 0.2) is 28.8 Å². The smallest absolute Gasteiger partial charge is 0.229 e. The summed E-state index contributed by atoms with van der Waals surface area (Å²) in [6.45, 7) is 2.76. The molecule has 1 aromatic carbocycles. The fraction of sp³-hybridized carbons (Fsp3) is 0.429. The Hall–Kier alpha value is -1.39. The van der Waals surface area contributed by atoms with Crippen LogP contribution in [0, 0.1) is 0 Å². The van der Waals surface area contributed by atoms with Crippen molar-refractivity contribution < 1.29 is 4.52 Å². The summed E-state index contributed by atoms with van der Waals surface area (Å²) in [6.07, 6.45) is 2.51. The Morgan fingerprint density at radius 2 is 2.16 bits per heavy atom. The molecule has 5 heteroatoms. The van der Waals surface area contributed by atoms with E-state index in [1.807, 2.05) is 24.3 Å². The van der Waals surface area contributed by atoms with Gasteiger partial charge in [0.2, 0.25) is 5.89 Å². The lowest BCUT2D eigenvalue weighted by Crippen LogP contribution is -2.02. The largest absolute Gasteiger partial charge is 0.339 e. The van der Waals surface area contributed by atoms with Gasteiger partial charge in [0.15, 0.2) is 5.82 Å². The van der Waals surface area contributed by atoms with Gasteiger partial charge < -0.3 is 10.3 Å². The number of nitrogens with zero attached hydrogens (tertiary/aromatic N) is 2. The van der Waals surface area contributed by atoms with E-state index in [-0.39, 0.29) is 5.92 Å². The molecule has 2 N–H and O–H groups in total. The molecule has 2 aromatic rings. The number of halogens is 1. The molecule has 4 nitrogen and oxygen atoms in total. The summed E-state index contributed by atoms with van der Waals surface area (Å²) in [7, 11) is 0. The van der Waals surface area contributed by atoms with E-state index in [4.69, 9.17) is 21.9 Å². The zero-order valence-electron chi connectivity index (χ0n) is 11.0. The van der Waals surface area contributed by atoms with Gasteiger partial charge >= 0.3 is 0 Å². The second kappa shape index (κ2) is 6.68. The zero-order chi connectivity index (χ0) is 13.7. The second-order valence-corrected chi connectivity index (χ2v) is 5.06. The third-order valence-corrected chi connectivity index (χ3v) is 3.42. The van der Waals surface area contributed by atoms with Gasteiger partial charge in [0, 0.05) is 17.4 Å². The molecule has 0 fully saturated rings. The van der Waals surface area contributed by atoms with E-state index in [9.17, 15) is 0 Å². The number of rotatable bonds is 6. The molecule has 0 aliphatic carbocycles. The van der Waals surface area contributed by atoms with Gasteiger partial charge in [0.05, 0.1) is 0 Å². The summed E-state index contributed by atoms with van der Waals surface area (Å²) in [6, 6.07) is 7.69. The van der Waals surface area contributed by atoms with Crippen molar-refractivity contribution in [3.8, 4) is 0 Å². The summed E-state index contributed by atoms with van der Waals surface area (Å²) in [5, 5.41) is 4.73. The molecule has 0 aliphatic heterocycles. The van der Waals surface area contributed by atoms with Crippen molar-refractivity contribution in [3.63, 3.8) is 0 Å². The minimum Gasteiger partial charge on any atom is -0.339 e. The summed E-state index contributed by atoms with van der Waals surface area (Å²) in [5.74, 6) is 1.59. The molecule has 19 heavy (non-hydrogen) atoms. The van der Waals surface area contributed by atoms with Crippen molar-refractivity contribution >= 4 is 11.6 Å². The summed E-state index contributed by atoms with van der Waals surface area (Å²) in [4.78, 5) is 4.42. The van der Waals surface area contributed by atoms with Crippen LogP contribution < -0.4 is 5.73 Å². The van der Waals surface area contributed by atoms with Crippen LogP contribution in [-0.4, -0.2) is 16.7 Å². The van der Waals surface area contributed by atoms with Crippen molar-refractivity contribution in [3.05, 3.63) is 46.6 Å². The van der Waals surface area contributed by atoms with Crippen LogP contribution in [0.2, 0.25) is 5.02 Å². The molecule has 1 atom stereocenters. The highest BCUT2D eigenvalue weighted by molar-refractivity contribution is 6.31. The monoisotopic (exact) mass is 279 g/mol. The van der Waals surface area contributed by atoms with Gasteiger partial charge in [-0.3, -0.25) is 0 Å². The third-order valence-electron chi connectivity index (χ3n) is 3.05. The standard InChI is InChI=1S/C14H18ClN3O/c1-10(5-4-8-16)14-17-13(18-19-14)9-11-6-2-3-7-12(11)15/h2-3,6-7,10H,4-5,8-9,16H2,1H3. The lowest BCUT2D eigenvalue weighted by Gasteiger charge is -2.03. The lowest BCUT2D eigenvalue weighted by atomic mass is 10.1. The zero-order valence-corrected chi connectivity index (χ0v) is 11.7. The summed E-state index contributed by atoms with van der Waals surface area (Å²) >= 11 is 6.11. The predicted molar refractivity (Wildman–Crippen MR) is 75.3 cm³/mol. The van der Waals surface area contributed by atoms with Crippen molar-refractivity contribution in [2.24, 2.45) is 5.73 Å². The lowest BCUT2D eigenvalue weighted by molar-refractivity contribution is 0.349.